The number of nitrogen functional groups attached to an aromatic ring is 1. The van der Waals surface area contributed by atoms with Crippen molar-refractivity contribution >= 4 is 5.82 Å². The highest BCUT2D eigenvalue weighted by Gasteiger charge is 2.01. The molecule has 0 aliphatic heterocycles. The molecule has 0 saturated heterocycles. The average molecular weight is 191 g/mol. The zero-order valence-electron chi connectivity index (χ0n) is 7.58. The van der Waals surface area contributed by atoms with Crippen molar-refractivity contribution < 1.29 is 4.74 Å². The van der Waals surface area contributed by atoms with Crippen LogP contribution < -0.4 is 10.5 Å². The number of rotatable bonds is 2. The van der Waals surface area contributed by atoms with Crippen LogP contribution >= 0.6 is 0 Å². The van der Waals surface area contributed by atoms with Crippen LogP contribution in [-0.4, -0.2) is 26.9 Å². The van der Waals surface area contributed by atoms with Crippen LogP contribution in [0.4, 0.5) is 5.82 Å². The Morgan fingerprint density at radius 2 is 2.29 bits per heavy atom. The first-order chi connectivity index (χ1) is 6.79. The lowest BCUT2D eigenvalue weighted by Crippen LogP contribution is -2.01. The Balaban J connectivity index is 2.41. The molecule has 2 aromatic rings. The van der Waals surface area contributed by atoms with Crippen molar-refractivity contribution in [3.05, 3.63) is 24.5 Å². The van der Waals surface area contributed by atoms with Gasteiger partial charge in [0.2, 0.25) is 0 Å². The van der Waals surface area contributed by atoms with E-state index in [2.05, 4.69) is 15.1 Å². The fourth-order valence-electron chi connectivity index (χ4n) is 1.02. The summed E-state index contributed by atoms with van der Waals surface area (Å²) >= 11 is 0. The number of ether oxygens (including phenoxy) is 1. The number of nitrogens with zero attached hydrogens (tertiary/aromatic N) is 4. The molecule has 0 radical (unpaired) electrons. The Bertz CT molecular complexity index is 439. The Kier molecular flexibility index (Phi) is 2.02. The van der Waals surface area contributed by atoms with E-state index < -0.39 is 0 Å². The van der Waals surface area contributed by atoms with Crippen molar-refractivity contribution in [3.63, 3.8) is 0 Å². The molecular weight excluding hydrogens is 182 g/mol. The molecular formula is C8H9N5O. The van der Waals surface area contributed by atoms with Gasteiger partial charge in [-0.1, -0.05) is 0 Å². The van der Waals surface area contributed by atoms with Crippen LogP contribution in [0, 0.1) is 0 Å². The lowest BCUT2D eigenvalue weighted by Gasteiger charge is -2.01. The molecule has 0 atom stereocenters. The Morgan fingerprint density at radius 3 is 2.93 bits per heavy atom. The zero-order valence-corrected chi connectivity index (χ0v) is 7.58. The van der Waals surface area contributed by atoms with Crippen LogP contribution in [0.25, 0.3) is 5.82 Å². The monoisotopic (exact) mass is 191 g/mol. The van der Waals surface area contributed by atoms with Crippen molar-refractivity contribution in [2.24, 2.45) is 0 Å². The quantitative estimate of drug-likeness (QED) is 0.736. The largest absolute Gasteiger partial charge is 0.467 e. The van der Waals surface area contributed by atoms with Crippen LogP contribution in [0.3, 0.4) is 0 Å². The number of hydrogen-bond donors (Lipinski definition) is 1. The van der Waals surface area contributed by atoms with Crippen LogP contribution in [0.15, 0.2) is 24.5 Å². The van der Waals surface area contributed by atoms with Crippen molar-refractivity contribution in [1.29, 1.82) is 0 Å². The molecule has 0 aromatic carbocycles. The maximum absolute atomic E-state index is 5.48. The molecule has 0 aliphatic carbocycles. The summed E-state index contributed by atoms with van der Waals surface area (Å²) in [5.74, 6) is 1.07. The van der Waals surface area contributed by atoms with E-state index in [1.165, 1.54) is 7.11 Å². The van der Waals surface area contributed by atoms with E-state index in [1.807, 2.05) is 0 Å². The fraction of sp³-hybridized carbons (Fsp3) is 0.125. The fourth-order valence-corrected chi connectivity index (χ4v) is 1.02. The number of anilines is 1. The third-order valence-electron chi connectivity index (χ3n) is 1.65. The second-order valence-corrected chi connectivity index (χ2v) is 2.59. The number of nitrogens with two attached hydrogens (primary N) is 1. The predicted molar refractivity (Wildman–Crippen MR) is 50.1 cm³/mol. The van der Waals surface area contributed by atoms with E-state index in [1.54, 1.807) is 29.2 Å². The van der Waals surface area contributed by atoms with Crippen molar-refractivity contribution in [2.75, 3.05) is 12.8 Å². The van der Waals surface area contributed by atoms with E-state index in [9.17, 15) is 0 Å². The van der Waals surface area contributed by atoms with Gasteiger partial charge in [0.05, 0.1) is 7.11 Å². The Morgan fingerprint density at radius 1 is 1.43 bits per heavy atom. The van der Waals surface area contributed by atoms with E-state index >= 15 is 0 Å². The molecule has 2 aromatic heterocycles. The van der Waals surface area contributed by atoms with Crippen LogP contribution in [0.5, 0.6) is 6.01 Å². The molecule has 0 bridgehead atoms. The third kappa shape index (κ3) is 1.49. The number of hydrogen-bond acceptors (Lipinski definition) is 5. The van der Waals surface area contributed by atoms with Gasteiger partial charge in [-0.15, -0.1) is 5.10 Å². The van der Waals surface area contributed by atoms with Gasteiger partial charge >= 0.3 is 6.01 Å². The SMILES string of the molecule is COc1nccc(-n2ccc(N)n2)n1. The maximum atomic E-state index is 5.48. The first-order valence-corrected chi connectivity index (χ1v) is 3.98. The predicted octanol–water partition coefficient (Wildman–Crippen LogP) is 0.253. The molecule has 72 valence electrons. The molecule has 6 nitrogen and oxygen atoms in total. The average Bonchev–Trinajstić information content (AvgIpc) is 2.65. The first kappa shape index (κ1) is 8.49. The normalized spacial score (nSPS) is 10.1. The molecule has 0 aliphatic rings. The molecule has 0 saturated carbocycles. The smallest absolute Gasteiger partial charge is 0.318 e. The molecule has 0 fully saturated rings. The summed E-state index contributed by atoms with van der Waals surface area (Å²) in [6.45, 7) is 0. The lowest BCUT2D eigenvalue weighted by atomic mass is 10.6. The minimum Gasteiger partial charge on any atom is -0.467 e. The van der Waals surface area contributed by atoms with Gasteiger partial charge in [-0.3, -0.25) is 0 Å². The molecule has 2 rings (SSSR count). The molecule has 6 heteroatoms. The molecule has 0 amide bonds. The van der Waals surface area contributed by atoms with Gasteiger partial charge in [-0.25, -0.2) is 9.67 Å². The number of aromatic nitrogens is 4. The topological polar surface area (TPSA) is 78.9 Å². The second kappa shape index (κ2) is 3.33. The maximum Gasteiger partial charge on any atom is 0.318 e. The van der Waals surface area contributed by atoms with E-state index in [-0.39, 0.29) is 0 Å². The van der Waals surface area contributed by atoms with E-state index in [0.717, 1.165) is 0 Å². The lowest BCUT2D eigenvalue weighted by molar-refractivity contribution is 0.379. The summed E-state index contributed by atoms with van der Waals surface area (Å²) in [7, 11) is 1.51. The summed E-state index contributed by atoms with van der Waals surface area (Å²) in [5.41, 5.74) is 5.48. The molecule has 0 spiro atoms. The third-order valence-corrected chi connectivity index (χ3v) is 1.65. The van der Waals surface area contributed by atoms with Crippen LogP contribution in [-0.2, 0) is 0 Å². The summed E-state index contributed by atoms with van der Waals surface area (Å²) in [4.78, 5) is 7.97. The Labute approximate surface area is 80.4 Å². The van der Waals surface area contributed by atoms with Gasteiger partial charge in [0.15, 0.2) is 5.82 Å². The second-order valence-electron chi connectivity index (χ2n) is 2.59. The summed E-state index contributed by atoms with van der Waals surface area (Å²) < 4.78 is 6.44. The van der Waals surface area contributed by atoms with Gasteiger partial charge in [0.1, 0.15) is 5.82 Å². The molecule has 2 N–H and O–H groups in total. The highest BCUT2D eigenvalue weighted by molar-refractivity contribution is 5.29. The van der Waals surface area contributed by atoms with Gasteiger partial charge in [0, 0.05) is 24.5 Å². The van der Waals surface area contributed by atoms with Crippen molar-refractivity contribution in [3.8, 4) is 11.8 Å². The highest BCUT2D eigenvalue weighted by atomic mass is 16.5. The first-order valence-electron chi connectivity index (χ1n) is 3.98. The minimum absolute atomic E-state index is 0.302. The molecule has 0 unspecified atom stereocenters. The number of methoxy groups -OCH3 is 1. The van der Waals surface area contributed by atoms with Crippen molar-refractivity contribution in [1.82, 2.24) is 19.7 Å². The van der Waals surface area contributed by atoms with Crippen LogP contribution in [0.1, 0.15) is 0 Å². The van der Waals surface area contributed by atoms with Crippen LogP contribution in [0.2, 0.25) is 0 Å². The molecule has 2 heterocycles. The minimum atomic E-state index is 0.302. The van der Waals surface area contributed by atoms with Crippen molar-refractivity contribution in [2.45, 2.75) is 0 Å². The van der Waals surface area contributed by atoms with Gasteiger partial charge in [-0.05, 0) is 0 Å². The summed E-state index contributed by atoms with van der Waals surface area (Å²) in [6.07, 6.45) is 3.32. The summed E-state index contributed by atoms with van der Waals surface area (Å²) in [5, 5.41) is 4.00. The van der Waals surface area contributed by atoms with E-state index in [4.69, 9.17) is 10.5 Å². The summed E-state index contributed by atoms with van der Waals surface area (Å²) in [6, 6.07) is 3.71. The highest BCUT2D eigenvalue weighted by Crippen LogP contribution is 2.07. The molecule has 14 heavy (non-hydrogen) atoms. The van der Waals surface area contributed by atoms with E-state index in [0.29, 0.717) is 17.6 Å². The zero-order chi connectivity index (χ0) is 9.97. The van der Waals surface area contributed by atoms with Gasteiger partial charge in [-0.2, -0.15) is 4.98 Å². The standard InChI is InChI=1S/C8H9N5O/c1-14-8-10-4-2-7(11-8)13-5-3-6(9)12-13/h2-5H,1H3,(H2,9,12). The van der Waals surface area contributed by atoms with Gasteiger partial charge in [0.25, 0.3) is 0 Å². The van der Waals surface area contributed by atoms with Gasteiger partial charge < -0.3 is 10.5 Å². The Hall–Kier alpha value is -2.11.